The number of carbonyl (C=O) groups excluding carboxylic acids is 1. The highest BCUT2D eigenvalue weighted by atomic mass is 16.5. The molecule has 5 heteroatoms. The van der Waals surface area contributed by atoms with Gasteiger partial charge in [0.2, 0.25) is 5.91 Å². The van der Waals surface area contributed by atoms with Gasteiger partial charge in [0.25, 0.3) is 0 Å². The van der Waals surface area contributed by atoms with Gasteiger partial charge in [-0.1, -0.05) is 12.1 Å². The molecule has 2 aromatic rings. The maximum absolute atomic E-state index is 10.7. The molecule has 0 fully saturated rings. The highest BCUT2D eigenvalue weighted by Crippen LogP contribution is 2.28. The van der Waals surface area contributed by atoms with Crippen LogP contribution in [0.25, 0.3) is 10.8 Å². The fourth-order valence-corrected chi connectivity index (χ4v) is 1.97. The van der Waals surface area contributed by atoms with Crippen molar-refractivity contribution in [2.75, 3.05) is 19.0 Å². The van der Waals surface area contributed by atoms with E-state index in [2.05, 4.69) is 10.3 Å². The molecule has 5 nitrogen and oxygen atoms in total. The number of benzene rings is 1. The third kappa shape index (κ3) is 3.13. The van der Waals surface area contributed by atoms with Crippen LogP contribution in [0.2, 0.25) is 0 Å². The molecule has 0 spiro atoms. The predicted molar refractivity (Wildman–Crippen MR) is 75.2 cm³/mol. The molecule has 1 heterocycles. The summed E-state index contributed by atoms with van der Waals surface area (Å²) in [5.41, 5.74) is 5.10. The standard InChI is InChI=1S/C14H17N3O2/c1-19-12-5-2-4-11-10(12)7-9-17-14(11)16-8-3-6-13(15)18/h2,4-5,7,9H,3,6,8H2,1H3,(H2,15,18)(H,16,17). The van der Waals surface area contributed by atoms with Gasteiger partial charge in [-0.15, -0.1) is 0 Å². The van der Waals surface area contributed by atoms with Crippen molar-refractivity contribution in [3.8, 4) is 5.75 Å². The fourth-order valence-electron chi connectivity index (χ4n) is 1.97. The minimum absolute atomic E-state index is 0.283. The van der Waals surface area contributed by atoms with Crippen molar-refractivity contribution in [1.82, 2.24) is 4.98 Å². The van der Waals surface area contributed by atoms with Gasteiger partial charge in [-0.3, -0.25) is 4.79 Å². The molecule has 0 saturated carbocycles. The summed E-state index contributed by atoms with van der Waals surface area (Å²) in [4.78, 5) is 15.0. The second-order valence-corrected chi connectivity index (χ2v) is 4.21. The van der Waals surface area contributed by atoms with Crippen LogP contribution in [-0.4, -0.2) is 24.5 Å². The molecule has 0 saturated heterocycles. The van der Waals surface area contributed by atoms with E-state index in [-0.39, 0.29) is 5.91 Å². The summed E-state index contributed by atoms with van der Waals surface area (Å²) in [6.07, 6.45) is 2.81. The molecule has 100 valence electrons. The number of pyridine rings is 1. The van der Waals surface area contributed by atoms with Crippen molar-refractivity contribution in [2.24, 2.45) is 5.73 Å². The number of nitrogens with one attached hydrogen (secondary N) is 1. The number of ether oxygens (including phenoxy) is 1. The minimum atomic E-state index is -0.283. The Morgan fingerprint density at radius 3 is 2.95 bits per heavy atom. The largest absolute Gasteiger partial charge is 0.496 e. The molecule has 0 atom stereocenters. The molecule has 19 heavy (non-hydrogen) atoms. The number of rotatable bonds is 6. The summed E-state index contributed by atoms with van der Waals surface area (Å²) >= 11 is 0. The summed E-state index contributed by atoms with van der Waals surface area (Å²) in [6, 6.07) is 7.75. The molecule has 3 N–H and O–H groups in total. The van der Waals surface area contributed by atoms with Crippen LogP contribution in [0.1, 0.15) is 12.8 Å². The Morgan fingerprint density at radius 2 is 2.21 bits per heavy atom. The molecule has 0 bridgehead atoms. The highest BCUT2D eigenvalue weighted by molar-refractivity contribution is 5.95. The van der Waals surface area contributed by atoms with Crippen molar-refractivity contribution in [3.05, 3.63) is 30.5 Å². The quantitative estimate of drug-likeness (QED) is 0.777. The smallest absolute Gasteiger partial charge is 0.217 e. The van der Waals surface area contributed by atoms with Gasteiger partial charge in [0.1, 0.15) is 11.6 Å². The fraction of sp³-hybridized carbons (Fsp3) is 0.286. The Balaban J connectivity index is 2.17. The van der Waals surface area contributed by atoms with Crippen LogP contribution in [-0.2, 0) is 4.79 Å². The van der Waals surface area contributed by atoms with E-state index < -0.39 is 0 Å². The first-order valence-electron chi connectivity index (χ1n) is 6.16. The number of carbonyl (C=O) groups is 1. The van der Waals surface area contributed by atoms with Crippen molar-refractivity contribution >= 4 is 22.5 Å². The first-order chi connectivity index (χ1) is 9.22. The van der Waals surface area contributed by atoms with E-state index >= 15 is 0 Å². The lowest BCUT2D eigenvalue weighted by atomic mass is 10.1. The third-order valence-electron chi connectivity index (χ3n) is 2.88. The predicted octanol–water partition coefficient (Wildman–Crippen LogP) is 1.92. The van der Waals surface area contributed by atoms with Crippen LogP contribution < -0.4 is 15.8 Å². The highest BCUT2D eigenvalue weighted by Gasteiger charge is 2.05. The summed E-state index contributed by atoms with van der Waals surface area (Å²) in [5.74, 6) is 1.33. The third-order valence-corrected chi connectivity index (χ3v) is 2.88. The Labute approximate surface area is 111 Å². The van der Waals surface area contributed by atoms with Gasteiger partial charge in [0.15, 0.2) is 0 Å². The zero-order chi connectivity index (χ0) is 13.7. The normalized spacial score (nSPS) is 10.4. The average molecular weight is 259 g/mol. The van der Waals surface area contributed by atoms with E-state index in [4.69, 9.17) is 10.5 Å². The summed E-state index contributed by atoms with van der Waals surface area (Å²) in [6.45, 7) is 0.659. The maximum Gasteiger partial charge on any atom is 0.217 e. The van der Waals surface area contributed by atoms with Gasteiger partial charge in [-0.2, -0.15) is 0 Å². The number of aromatic nitrogens is 1. The van der Waals surface area contributed by atoms with Crippen LogP contribution in [0.5, 0.6) is 5.75 Å². The lowest BCUT2D eigenvalue weighted by molar-refractivity contribution is -0.118. The van der Waals surface area contributed by atoms with E-state index in [0.717, 1.165) is 22.3 Å². The number of fused-ring (bicyclic) bond motifs is 1. The first-order valence-corrected chi connectivity index (χ1v) is 6.16. The van der Waals surface area contributed by atoms with Crippen LogP contribution in [0.3, 0.4) is 0 Å². The molecule has 0 radical (unpaired) electrons. The maximum atomic E-state index is 10.7. The molecule has 1 amide bonds. The molecule has 0 unspecified atom stereocenters. The number of methoxy groups -OCH3 is 1. The van der Waals surface area contributed by atoms with E-state index in [1.54, 1.807) is 13.3 Å². The molecule has 2 rings (SSSR count). The number of primary amides is 1. The number of amides is 1. The summed E-state index contributed by atoms with van der Waals surface area (Å²) in [7, 11) is 1.65. The van der Waals surface area contributed by atoms with Gasteiger partial charge in [-0.25, -0.2) is 4.98 Å². The number of nitrogens with zero attached hydrogens (tertiary/aromatic N) is 1. The molecule has 0 aliphatic heterocycles. The van der Waals surface area contributed by atoms with Crippen molar-refractivity contribution in [3.63, 3.8) is 0 Å². The van der Waals surface area contributed by atoms with Gasteiger partial charge in [0.05, 0.1) is 7.11 Å². The zero-order valence-corrected chi connectivity index (χ0v) is 10.8. The number of hydrogen-bond donors (Lipinski definition) is 2. The van der Waals surface area contributed by atoms with Crippen LogP contribution in [0.4, 0.5) is 5.82 Å². The van der Waals surface area contributed by atoms with E-state index in [1.165, 1.54) is 0 Å². The topological polar surface area (TPSA) is 77.2 Å². The molecular weight excluding hydrogens is 242 g/mol. The second kappa shape index (κ2) is 6.04. The van der Waals surface area contributed by atoms with E-state index in [9.17, 15) is 4.79 Å². The van der Waals surface area contributed by atoms with E-state index in [1.807, 2.05) is 24.3 Å². The Hall–Kier alpha value is -2.30. The Kier molecular flexibility index (Phi) is 4.18. The lowest BCUT2D eigenvalue weighted by Gasteiger charge is -2.10. The second-order valence-electron chi connectivity index (χ2n) is 4.21. The van der Waals surface area contributed by atoms with Crippen LogP contribution in [0, 0.1) is 0 Å². The van der Waals surface area contributed by atoms with Gasteiger partial charge >= 0.3 is 0 Å². The van der Waals surface area contributed by atoms with Gasteiger partial charge in [0, 0.05) is 29.9 Å². The summed E-state index contributed by atoms with van der Waals surface area (Å²) < 4.78 is 5.32. The average Bonchev–Trinajstić information content (AvgIpc) is 2.42. The number of anilines is 1. The van der Waals surface area contributed by atoms with Crippen molar-refractivity contribution in [1.29, 1.82) is 0 Å². The van der Waals surface area contributed by atoms with Gasteiger partial charge < -0.3 is 15.8 Å². The molecule has 1 aromatic carbocycles. The Morgan fingerprint density at radius 1 is 1.37 bits per heavy atom. The molecule has 1 aromatic heterocycles. The van der Waals surface area contributed by atoms with Crippen LogP contribution >= 0.6 is 0 Å². The minimum Gasteiger partial charge on any atom is -0.496 e. The molecule has 0 aliphatic rings. The van der Waals surface area contributed by atoms with Crippen LogP contribution in [0.15, 0.2) is 30.5 Å². The summed E-state index contributed by atoms with van der Waals surface area (Å²) in [5, 5.41) is 5.23. The SMILES string of the molecule is COc1cccc2c(NCCCC(N)=O)nccc12. The Bertz CT molecular complexity index is 584. The monoisotopic (exact) mass is 259 g/mol. The molecule has 0 aliphatic carbocycles. The molecular formula is C14H17N3O2. The van der Waals surface area contributed by atoms with Crippen molar-refractivity contribution in [2.45, 2.75) is 12.8 Å². The van der Waals surface area contributed by atoms with E-state index in [0.29, 0.717) is 19.4 Å². The van der Waals surface area contributed by atoms with Crippen molar-refractivity contribution < 1.29 is 9.53 Å². The number of nitrogens with two attached hydrogens (primary N) is 1. The van der Waals surface area contributed by atoms with Gasteiger partial charge in [-0.05, 0) is 18.6 Å². The zero-order valence-electron chi connectivity index (χ0n) is 10.8. The lowest BCUT2D eigenvalue weighted by Crippen LogP contribution is -2.13. The number of hydrogen-bond acceptors (Lipinski definition) is 4. The first kappa shape index (κ1) is 13.1.